The lowest BCUT2D eigenvalue weighted by atomic mass is 9.73. The number of piperidine rings is 1. The molecule has 0 atom stereocenters. The van der Waals surface area contributed by atoms with E-state index < -0.39 is 0 Å². The van der Waals surface area contributed by atoms with Crippen molar-refractivity contribution in [1.29, 1.82) is 0 Å². The summed E-state index contributed by atoms with van der Waals surface area (Å²) in [5, 5.41) is 10.3. The maximum atomic E-state index is 13.2. The van der Waals surface area contributed by atoms with Crippen molar-refractivity contribution in [2.45, 2.75) is 44.9 Å². The third-order valence-corrected chi connectivity index (χ3v) is 7.19. The molecule has 9 nitrogen and oxygen atoms in total. The van der Waals surface area contributed by atoms with Crippen LogP contribution in [0, 0.1) is 5.92 Å². The summed E-state index contributed by atoms with van der Waals surface area (Å²) in [4.78, 5) is 36.7. The van der Waals surface area contributed by atoms with Gasteiger partial charge in [0.2, 0.25) is 5.95 Å². The smallest absolute Gasteiger partial charge is 0.273 e. The molecule has 0 spiro atoms. The average molecular weight is 474 g/mol. The molecule has 35 heavy (non-hydrogen) atoms. The first kappa shape index (κ1) is 23.2. The summed E-state index contributed by atoms with van der Waals surface area (Å²) in [5.74, 6) is 0.483. The molecule has 0 radical (unpaired) electrons. The van der Waals surface area contributed by atoms with Crippen molar-refractivity contribution < 1.29 is 9.59 Å². The summed E-state index contributed by atoms with van der Waals surface area (Å²) in [6.07, 6.45) is 5.09. The normalized spacial score (nSPS) is 17.5. The number of fused-ring (bicyclic) bond motifs is 3. The Morgan fingerprint density at radius 1 is 1.17 bits per heavy atom. The Hall–Kier alpha value is -3.59. The van der Waals surface area contributed by atoms with Crippen molar-refractivity contribution >= 4 is 23.3 Å². The minimum Gasteiger partial charge on any atom is -0.368 e. The standard InChI is InChI=1S/C26H31N7O2/c1-26(2)13-17-14-28-25(27)30-21(17)22-20(26)23(32-31-22)24(35)29-18-6-4-16(5-7-18)19(34)12-15-8-10-33(3)11-9-15/h4-7,14-15H,8-13H2,1-3H3,(H,29,35)(H,31,32)(H2,27,28,30). The Kier molecular flexibility index (Phi) is 5.88. The van der Waals surface area contributed by atoms with Crippen LogP contribution >= 0.6 is 0 Å². The fraction of sp³-hybridized carbons (Fsp3) is 0.423. The Labute approximate surface area is 204 Å². The number of carbonyl (C=O) groups is 2. The molecule has 0 unspecified atom stereocenters. The van der Waals surface area contributed by atoms with Crippen LogP contribution in [-0.2, 0) is 11.8 Å². The van der Waals surface area contributed by atoms with Crippen LogP contribution < -0.4 is 11.1 Å². The maximum Gasteiger partial charge on any atom is 0.273 e. The van der Waals surface area contributed by atoms with Gasteiger partial charge in [0.15, 0.2) is 5.78 Å². The van der Waals surface area contributed by atoms with Crippen molar-refractivity contribution in [3.8, 4) is 11.4 Å². The van der Waals surface area contributed by atoms with Crippen LogP contribution in [0.2, 0.25) is 0 Å². The molecular formula is C26H31N7O2. The topological polar surface area (TPSA) is 130 Å². The number of nitrogens with zero attached hydrogens (tertiary/aromatic N) is 4. The molecule has 1 aliphatic heterocycles. The van der Waals surface area contributed by atoms with Gasteiger partial charge in [0.25, 0.3) is 5.91 Å². The van der Waals surface area contributed by atoms with E-state index in [0.29, 0.717) is 47.1 Å². The Morgan fingerprint density at radius 2 is 1.89 bits per heavy atom. The lowest BCUT2D eigenvalue weighted by Crippen LogP contribution is -2.31. The number of carbonyl (C=O) groups excluding carboxylic acids is 2. The van der Waals surface area contributed by atoms with E-state index in [1.807, 2.05) is 0 Å². The second-order valence-corrected chi connectivity index (χ2v) is 10.4. The zero-order chi connectivity index (χ0) is 24.7. The molecule has 2 aromatic heterocycles. The average Bonchev–Trinajstić information content (AvgIpc) is 3.29. The summed E-state index contributed by atoms with van der Waals surface area (Å²) in [6.45, 7) is 6.23. The van der Waals surface area contributed by atoms with Gasteiger partial charge in [0.1, 0.15) is 11.4 Å². The van der Waals surface area contributed by atoms with Gasteiger partial charge < -0.3 is 16.0 Å². The molecular weight excluding hydrogens is 442 g/mol. The number of hydrogen-bond acceptors (Lipinski definition) is 7. The SMILES string of the molecule is CN1CCC(CC(=O)c2ccc(NC(=O)c3[nH]nc4c3C(C)(C)Cc3cnc(N)nc3-4)cc2)CC1. The molecule has 2 aliphatic rings. The number of aromatic nitrogens is 4. The molecule has 1 aliphatic carbocycles. The molecule has 0 bridgehead atoms. The molecule has 4 N–H and O–H groups in total. The second kappa shape index (κ2) is 8.88. The number of nitrogens with one attached hydrogen (secondary N) is 2. The number of rotatable bonds is 5. The van der Waals surface area contributed by atoms with Gasteiger partial charge in [0, 0.05) is 29.4 Å². The van der Waals surface area contributed by atoms with Gasteiger partial charge in [-0.2, -0.15) is 5.10 Å². The van der Waals surface area contributed by atoms with Crippen LogP contribution in [0.15, 0.2) is 30.5 Å². The molecule has 3 aromatic rings. The number of benzene rings is 1. The highest BCUT2D eigenvalue weighted by Crippen LogP contribution is 2.42. The quantitative estimate of drug-likeness (QED) is 0.484. The van der Waals surface area contributed by atoms with E-state index in [0.717, 1.165) is 37.1 Å². The molecule has 0 saturated carbocycles. The largest absolute Gasteiger partial charge is 0.368 e. The van der Waals surface area contributed by atoms with Crippen molar-refractivity contribution in [3.63, 3.8) is 0 Å². The summed E-state index contributed by atoms with van der Waals surface area (Å²) in [6, 6.07) is 7.12. The zero-order valence-corrected chi connectivity index (χ0v) is 20.4. The van der Waals surface area contributed by atoms with Gasteiger partial charge in [-0.3, -0.25) is 14.7 Å². The number of ketones is 1. The number of amides is 1. The van der Waals surface area contributed by atoms with Gasteiger partial charge in [-0.05, 0) is 80.6 Å². The number of likely N-dealkylation sites (tertiary alicyclic amines) is 1. The van der Waals surface area contributed by atoms with E-state index in [1.165, 1.54) is 0 Å². The van der Waals surface area contributed by atoms with Gasteiger partial charge in [-0.25, -0.2) is 9.97 Å². The fourth-order valence-corrected chi connectivity index (χ4v) is 5.24. The van der Waals surface area contributed by atoms with Gasteiger partial charge in [-0.1, -0.05) is 13.8 Å². The summed E-state index contributed by atoms with van der Waals surface area (Å²) >= 11 is 0. The molecule has 1 fully saturated rings. The number of nitrogens with two attached hydrogens (primary N) is 1. The van der Waals surface area contributed by atoms with Crippen molar-refractivity contribution in [2.75, 3.05) is 31.2 Å². The molecule has 1 amide bonds. The minimum atomic E-state index is -0.342. The predicted molar refractivity (Wildman–Crippen MR) is 134 cm³/mol. The van der Waals surface area contributed by atoms with E-state index in [4.69, 9.17) is 5.73 Å². The molecule has 3 heterocycles. The second-order valence-electron chi connectivity index (χ2n) is 10.4. The minimum absolute atomic E-state index is 0.154. The first-order chi connectivity index (χ1) is 16.7. The van der Waals surface area contributed by atoms with E-state index in [1.54, 1.807) is 30.5 Å². The highest BCUT2D eigenvalue weighted by Gasteiger charge is 2.38. The van der Waals surface area contributed by atoms with Crippen LogP contribution in [0.4, 0.5) is 11.6 Å². The fourth-order valence-electron chi connectivity index (χ4n) is 5.24. The molecule has 1 saturated heterocycles. The highest BCUT2D eigenvalue weighted by atomic mass is 16.2. The highest BCUT2D eigenvalue weighted by molar-refractivity contribution is 6.05. The van der Waals surface area contributed by atoms with Gasteiger partial charge in [0.05, 0.1) is 5.69 Å². The summed E-state index contributed by atoms with van der Waals surface area (Å²) in [7, 11) is 2.12. The molecule has 182 valence electrons. The van der Waals surface area contributed by atoms with E-state index in [9.17, 15) is 9.59 Å². The number of nitrogen functional groups attached to an aromatic ring is 1. The van der Waals surface area contributed by atoms with E-state index in [-0.39, 0.29) is 23.1 Å². The first-order valence-electron chi connectivity index (χ1n) is 12.0. The van der Waals surface area contributed by atoms with Crippen LogP contribution in [0.3, 0.4) is 0 Å². The third kappa shape index (κ3) is 4.55. The van der Waals surface area contributed by atoms with Crippen LogP contribution in [-0.4, -0.2) is 56.9 Å². The van der Waals surface area contributed by atoms with E-state index >= 15 is 0 Å². The number of H-pyrrole nitrogens is 1. The maximum absolute atomic E-state index is 13.2. The summed E-state index contributed by atoms with van der Waals surface area (Å²) in [5.41, 5.74) is 10.2. The van der Waals surface area contributed by atoms with Crippen molar-refractivity contribution in [3.05, 3.63) is 52.8 Å². The molecule has 5 rings (SSSR count). The molecule has 1 aromatic carbocycles. The first-order valence-corrected chi connectivity index (χ1v) is 12.0. The van der Waals surface area contributed by atoms with Gasteiger partial charge in [-0.15, -0.1) is 0 Å². The summed E-state index contributed by atoms with van der Waals surface area (Å²) < 4.78 is 0. The van der Waals surface area contributed by atoms with E-state index in [2.05, 4.69) is 51.3 Å². The Balaban J connectivity index is 1.31. The number of hydrogen-bond donors (Lipinski definition) is 3. The van der Waals surface area contributed by atoms with Crippen molar-refractivity contribution in [1.82, 2.24) is 25.1 Å². The lowest BCUT2D eigenvalue weighted by molar-refractivity contribution is 0.0935. The Morgan fingerprint density at radius 3 is 2.60 bits per heavy atom. The number of aromatic amines is 1. The van der Waals surface area contributed by atoms with Crippen LogP contribution in [0.1, 0.15) is 65.1 Å². The Bertz CT molecular complexity index is 1270. The number of Topliss-reactive ketones (excluding diaryl/α,β-unsaturated/α-hetero) is 1. The number of anilines is 2. The van der Waals surface area contributed by atoms with Crippen molar-refractivity contribution in [2.24, 2.45) is 5.92 Å². The lowest BCUT2D eigenvalue weighted by Gasteiger charge is -2.30. The predicted octanol–water partition coefficient (Wildman–Crippen LogP) is 3.45. The zero-order valence-electron chi connectivity index (χ0n) is 20.4. The molecule has 9 heteroatoms. The monoisotopic (exact) mass is 473 g/mol. The third-order valence-electron chi connectivity index (χ3n) is 7.19. The van der Waals surface area contributed by atoms with Crippen LogP contribution in [0.5, 0.6) is 0 Å². The van der Waals surface area contributed by atoms with Crippen LogP contribution in [0.25, 0.3) is 11.4 Å². The van der Waals surface area contributed by atoms with Gasteiger partial charge >= 0.3 is 0 Å².